The van der Waals surface area contributed by atoms with Crippen molar-refractivity contribution in [3.05, 3.63) is 59.4 Å². The van der Waals surface area contributed by atoms with E-state index in [2.05, 4.69) is 37.0 Å². The van der Waals surface area contributed by atoms with Gasteiger partial charge in [0.05, 0.1) is 23.6 Å². The molecule has 19 heavy (non-hydrogen) atoms. The summed E-state index contributed by atoms with van der Waals surface area (Å²) in [4.78, 5) is 4.24. The molecule has 0 saturated heterocycles. The fourth-order valence-electron chi connectivity index (χ4n) is 1.97. The molecule has 1 aromatic carbocycles. The molecule has 2 rings (SSSR count). The zero-order chi connectivity index (χ0) is 13.8. The van der Waals surface area contributed by atoms with Crippen molar-refractivity contribution in [2.45, 2.75) is 25.7 Å². The van der Waals surface area contributed by atoms with Crippen LogP contribution >= 0.6 is 0 Å². The highest BCUT2D eigenvalue weighted by Gasteiger charge is 2.14. The lowest BCUT2D eigenvalue weighted by Crippen LogP contribution is -2.02. The molecular weight excluding hydrogens is 234 g/mol. The molecule has 0 saturated carbocycles. The molecule has 0 aliphatic rings. The van der Waals surface area contributed by atoms with E-state index in [0.717, 1.165) is 11.3 Å². The summed E-state index contributed by atoms with van der Waals surface area (Å²) in [5.74, 6) is 0.144. The first-order valence-electron chi connectivity index (χ1n) is 6.32. The number of benzene rings is 1. The molecule has 0 radical (unpaired) electrons. The minimum absolute atomic E-state index is 0.346. The van der Waals surface area contributed by atoms with Gasteiger partial charge in [0.1, 0.15) is 5.92 Å². The van der Waals surface area contributed by atoms with Gasteiger partial charge in [-0.05, 0) is 29.2 Å². The van der Waals surface area contributed by atoms with Crippen LogP contribution in [0, 0.1) is 11.3 Å². The number of nitriles is 1. The number of hydrogen-bond donors (Lipinski definition) is 1. The standard InChI is InChI=1S/C16H17N3/c1-11(2)12-3-5-13(6-4-12)15(9-17)16-8-7-14(18)10-19-16/h3-8,10-11,15H,18H2,1-2H3. The summed E-state index contributed by atoms with van der Waals surface area (Å²) in [5.41, 5.74) is 9.18. The first-order valence-corrected chi connectivity index (χ1v) is 6.32. The number of pyridine rings is 1. The molecule has 3 heteroatoms. The predicted octanol–water partition coefficient (Wildman–Crippen LogP) is 3.44. The fraction of sp³-hybridized carbons (Fsp3) is 0.250. The van der Waals surface area contributed by atoms with Crippen LogP contribution in [0.4, 0.5) is 5.69 Å². The van der Waals surface area contributed by atoms with Crippen molar-refractivity contribution in [1.82, 2.24) is 4.98 Å². The molecule has 0 aliphatic carbocycles. The van der Waals surface area contributed by atoms with E-state index in [4.69, 9.17) is 5.73 Å². The highest BCUT2D eigenvalue weighted by molar-refractivity contribution is 5.41. The number of rotatable bonds is 3. The van der Waals surface area contributed by atoms with E-state index in [1.54, 1.807) is 18.3 Å². The third-order valence-corrected chi connectivity index (χ3v) is 3.17. The SMILES string of the molecule is CC(C)c1ccc(C(C#N)c2ccc(N)cn2)cc1. The Balaban J connectivity index is 2.32. The third kappa shape index (κ3) is 2.92. The summed E-state index contributed by atoms with van der Waals surface area (Å²) in [6.45, 7) is 4.30. The predicted molar refractivity (Wildman–Crippen MR) is 76.6 cm³/mol. The second kappa shape index (κ2) is 5.53. The Bertz CT molecular complexity index is 577. The Hall–Kier alpha value is -2.34. The van der Waals surface area contributed by atoms with E-state index in [0.29, 0.717) is 11.6 Å². The lowest BCUT2D eigenvalue weighted by molar-refractivity contribution is 0.863. The van der Waals surface area contributed by atoms with E-state index >= 15 is 0 Å². The molecule has 1 aromatic heterocycles. The lowest BCUT2D eigenvalue weighted by Gasteiger charge is -2.11. The second-order valence-electron chi connectivity index (χ2n) is 4.90. The normalized spacial score (nSPS) is 12.1. The summed E-state index contributed by atoms with van der Waals surface area (Å²) in [6, 6.07) is 14.0. The van der Waals surface area contributed by atoms with Crippen molar-refractivity contribution in [3.8, 4) is 6.07 Å². The molecule has 0 bridgehead atoms. The van der Waals surface area contributed by atoms with Crippen LogP contribution in [-0.2, 0) is 0 Å². The summed E-state index contributed by atoms with van der Waals surface area (Å²) >= 11 is 0. The highest BCUT2D eigenvalue weighted by Crippen LogP contribution is 2.24. The largest absolute Gasteiger partial charge is 0.397 e. The number of aromatic nitrogens is 1. The summed E-state index contributed by atoms with van der Waals surface area (Å²) in [7, 11) is 0. The molecule has 2 aromatic rings. The van der Waals surface area contributed by atoms with E-state index in [-0.39, 0.29) is 5.92 Å². The Morgan fingerprint density at radius 3 is 2.16 bits per heavy atom. The molecule has 1 atom stereocenters. The molecule has 1 unspecified atom stereocenters. The molecule has 2 N–H and O–H groups in total. The van der Waals surface area contributed by atoms with Gasteiger partial charge in [0.15, 0.2) is 0 Å². The Labute approximate surface area is 113 Å². The van der Waals surface area contributed by atoms with Crippen LogP contribution in [0.3, 0.4) is 0 Å². The maximum Gasteiger partial charge on any atom is 0.113 e. The van der Waals surface area contributed by atoms with Crippen molar-refractivity contribution >= 4 is 5.69 Å². The molecular formula is C16H17N3. The first kappa shape index (κ1) is 13.1. The molecule has 0 aliphatic heterocycles. The van der Waals surface area contributed by atoms with Crippen molar-refractivity contribution in [3.63, 3.8) is 0 Å². The summed E-state index contributed by atoms with van der Waals surface area (Å²) in [5, 5.41) is 9.36. The van der Waals surface area contributed by atoms with Gasteiger partial charge >= 0.3 is 0 Å². The molecule has 96 valence electrons. The zero-order valence-electron chi connectivity index (χ0n) is 11.2. The van der Waals surface area contributed by atoms with Crippen molar-refractivity contribution in [1.29, 1.82) is 5.26 Å². The van der Waals surface area contributed by atoms with Gasteiger partial charge in [-0.25, -0.2) is 0 Å². The smallest absolute Gasteiger partial charge is 0.113 e. The number of nitrogen functional groups attached to an aromatic ring is 1. The van der Waals surface area contributed by atoms with Gasteiger partial charge < -0.3 is 5.73 Å². The molecule has 1 heterocycles. The number of nitrogens with zero attached hydrogens (tertiary/aromatic N) is 2. The minimum atomic E-state index is -0.346. The van der Waals surface area contributed by atoms with E-state index in [1.807, 2.05) is 12.1 Å². The maximum atomic E-state index is 9.36. The zero-order valence-corrected chi connectivity index (χ0v) is 11.2. The molecule has 0 fully saturated rings. The van der Waals surface area contributed by atoms with Crippen molar-refractivity contribution in [2.75, 3.05) is 5.73 Å². The third-order valence-electron chi connectivity index (χ3n) is 3.17. The maximum absolute atomic E-state index is 9.36. The minimum Gasteiger partial charge on any atom is -0.397 e. The fourth-order valence-corrected chi connectivity index (χ4v) is 1.97. The van der Waals surface area contributed by atoms with Crippen LogP contribution in [0.25, 0.3) is 0 Å². The van der Waals surface area contributed by atoms with Gasteiger partial charge in [-0.15, -0.1) is 0 Å². The average Bonchev–Trinajstić information content (AvgIpc) is 2.42. The Morgan fingerprint density at radius 1 is 1.05 bits per heavy atom. The van der Waals surface area contributed by atoms with Crippen LogP contribution in [0.5, 0.6) is 0 Å². The van der Waals surface area contributed by atoms with Gasteiger partial charge in [-0.3, -0.25) is 4.98 Å². The van der Waals surface area contributed by atoms with Crippen LogP contribution < -0.4 is 5.73 Å². The number of hydrogen-bond acceptors (Lipinski definition) is 3. The van der Waals surface area contributed by atoms with Crippen LogP contribution in [-0.4, -0.2) is 4.98 Å². The first-order chi connectivity index (χ1) is 9.11. The van der Waals surface area contributed by atoms with E-state index < -0.39 is 0 Å². The quantitative estimate of drug-likeness (QED) is 0.908. The topological polar surface area (TPSA) is 62.7 Å². The number of nitrogens with two attached hydrogens (primary N) is 1. The highest BCUT2D eigenvalue weighted by atomic mass is 14.7. The molecule has 0 spiro atoms. The molecule has 0 amide bonds. The van der Waals surface area contributed by atoms with Crippen LogP contribution in [0.15, 0.2) is 42.6 Å². The van der Waals surface area contributed by atoms with Gasteiger partial charge in [-0.1, -0.05) is 38.1 Å². The number of anilines is 1. The van der Waals surface area contributed by atoms with Crippen LogP contribution in [0.2, 0.25) is 0 Å². The van der Waals surface area contributed by atoms with Gasteiger partial charge in [0.2, 0.25) is 0 Å². The lowest BCUT2D eigenvalue weighted by atomic mass is 9.93. The summed E-state index contributed by atoms with van der Waals surface area (Å²) < 4.78 is 0. The molecule has 3 nitrogen and oxygen atoms in total. The Morgan fingerprint density at radius 2 is 1.68 bits per heavy atom. The van der Waals surface area contributed by atoms with Gasteiger partial charge in [-0.2, -0.15) is 5.26 Å². The van der Waals surface area contributed by atoms with Crippen molar-refractivity contribution in [2.24, 2.45) is 0 Å². The van der Waals surface area contributed by atoms with Gasteiger partial charge in [0.25, 0.3) is 0 Å². The second-order valence-corrected chi connectivity index (χ2v) is 4.90. The van der Waals surface area contributed by atoms with Crippen molar-refractivity contribution < 1.29 is 0 Å². The monoisotopic (exact) mass is 251 g/mol. The van der Waals surface area contributed by atoms with E-state index in [9.17, 15) is 5.26 Å². The Kier molecular flexibility index (Phi) is 3.82. The van der Waals surface area contributed by atoms with Crippen LogP contribution in [0.1, 0.15) is 42.5 Å². The summed E-state index contributed by atoms with van der Waals surface area (Å²) in [6.07, 6.45) is 1.59. The van der Waals surface area contributed by atoms with Gasteiger partial charge in [0, 0.05) is 0 Å². The average molecular weight is 251 g/mol. The van der Waals surface area contributed by atoms with E-state index in [1.165, 1.54) is 5.56 Å².